The third-order valence-corrected chi connectivity index (χ3v) is 3.88. The van der Waals surface area contributed by atoms with Crippen molar-refractivity contribution in [3.05, 3.63) is 30.3 Å². The lowest BCUT2D eigenvalue weighted by Crippen LogP contribution is -2.47. The van der Waals surface area contributed by atoms with Crippen LogP contribution in [0.25, 0.3) is 0 Å². The molecule has 0 aromatic heterocycles. The summed E-state index contributed by atoms with van der Waals surface area (Å²) < 4.78 is 0. The van der Waals surface area contributed by atoms with Crippen molar-refractivity contribution in [1.29, 1.82) is 0 Å². The second kappa shape index (κ2) is 9.24. The zero-order chi connectivity index (χ0) is 16.8. The van der Waals surface area contributed by atoms with Crippen LogP contribution in [0.4, 0.5) is 5.69 Å². The number of hydrogen-bond acceptors (Lipinski definition) is 4. The number of nitrogens with one attached hydrogen (secondary N) is 1. The summed E-state index contributed by atoms with van der Waals surface area (Å²) in [6.45, 7) is 2.64. The van der Waals surface area contributed by atoms with E-state index in [2.05, 4.69) is 5.32 Å². The van der Waals surface area contributed by atoms with Gasteiger partial charge in [-0.15, -0.1) is 12.4 Å². The Labute approximate surface area is 147 Å². The van der Waals surface area contributed by atoms with Gasteiger partial charge in [0, 0.05) is 12.2 Å². The predicted octanol–water partition coefficient (Wildman–Crippen LogP) is 0.736. The first-order valence-electron chi connectivity index (χ1n) is 7.62. The molecule has 1 heterocycles. The van der Waals surface area contributed by atoms with Crippen LogP contribution in [0.15, 0.2) is 30.3 Å². The van der Waals surface area contributed by atoms with Crippen LogP contribution in [0.1, 0.15) is 13.3 Å². The number of para-hydroxylation sites is 1. The fourth-order valence-electron chi connectivity index (χ4n) is 2.72. The second-order valence-electron chi connectivity index (χ2n) is 5.36. The normalized spacial score (nSPS) is 16.8. The second-order valence-corrected chi connectivity index (χ2v) is 5.36. The minimum Gasteiger partial charge on any atom is -0.480 e. The monoisotopic (exact) mass is 355 g/mol. The van der Waals surface area contributed by atoms with Gasteiger partial charge in [0.15, 0.2) is 0 Å². The average molecular weight is 356 g/mol. The molecule has 24 heavy (non-hydrogen) atoms. The van der Waals surface area contributed by atoms with Gasteiger partial charge in [-0.05, 0) is 25.1 Å². The highest BCUT2D eigenvalue weighted by Gasteiger charge is 2.36. The highest BCUT2D eigenvalue weighted by molar-refractivity contribution is 5.99. The Hall–Kier alpha value is -2.12. The molecule has 1 aliphatic heterocycles. The number of carboxylic acids is 1. The lowest BCUT2D eigenvalue weighted by Gasteiger charge is -2.26. The molecule has 0 aliphatic carbocycles. The number of anilines is 1. The van der Waals surface area contributed by atoms with Crippen LogP contribution >= 0.6 is 12.4 Å². The van der Waals surface area contributed by atoms with Gasteiger partial charge in [0.2, 0.25) is 11.8 Å². The van der Waals surface area contributed by atoms with Crippen molar-refractivity contribution in [1.82, 2.24) is 10.2 Å². The fraction of sp³-hybridized carbons (Fsp3) is 0.438. The van der Waals surface area contributed by atoms with Gasteiger partial charge in [-0.2, -0.15) is 0 Å². The molecular weight excluding hydrogens is 334 g/mol. The number of carbonyl (C=O) groups excluding carboxylic acids is 2. The molecule has 0 bridgehead atoms. The van der Waals surface area contributed by atoms with Crippen molar-refractivity contribution >= 4 is 35.9 Å². The zero-order valence-electron chi connectivity index (χ0n) is 13.5. The summed E-state index contributed by atoms with van der Waals surface area (Å²) in [5, 5.41) is 10.9. The molecule has 0 radical (unpaired) electrons. The van der Waals surface area contributed by atoms with Crippen molar-refractivity contribution in [2.45, 2.75) is 19.4 Å². The Balaban J connectivity index is 0.00000288. The fourth-order valence-corrected chi connectivity index (χ4v) is 2.72. The smallest absolute Gasteiger partial charge is 0.322 e. The molecule has 2 N–H and O–H groups in total. The molecule has 1 aliphatic rings. The van der Waals surface area contributed by atoms with Gasteiger partial charge in [0.05, 0.1) is 12.6 Å². The first-order chi connectivity index (χ1) is 11.0. The SMILES string of the molecule is CCN(CC(=O)NCC(=O)O)C1CCN(c2ccccc2)C1=O.Cl. The molecular formula is C16H22ClN3O4. The molecule has 8 heteroatoms. The molecule has 7 nitrogen and oxygen atoms in total. The number of rotatable bonds is 7. The Morgan fingerprint density at radius 1 is 1.33 bits per heavy atom. The number of benzene rings is 1. The lowest BCUT2D eigenvalue weighted by molar-refractivity contribution is -0.138. The van der Waals surface area contributed by atoms with E-state index in [1.165, 1.54) is 0 Å². The Bertz CT molecular complexity index is 582. The van der Waals surface area contributed by atoms with E-state index in [-0.39, 0.29) is 36.8 Å². The van der Waals surface area contributed by atoms with E-state index in [9.17, 15) is 14.4 Å². The van der Waals surface area contributed by atoms with Crippen LogP contribution in [-0.4, -0.2) is 60.0 Å². The quantitative estimate of drug-likeness (QED) is 0.752. The molecule has 1 unspecified atom stereocenters. The highest BCUT2D eigenvalue weighted by Crippen LogP contribution is 2.23. The van der Waals surface area contributed by atoms with E-state index in [0.717, 1.165) is 5.69 Å². The first kappa shape index (κ1) is 19.9. The predicted molar refractivity (Wildman–Crippen MR) is 92.3 cm³/mol. The number of carboxylic acid groups (broad SMARTS) is 1. The van der Waals surface area contributed by atoms with E-state index in [1.807, 2.05) is 37.3 Å². The number of halogens is 1. The van der Waals surface area contributed by atoms with Crippen molar-refractivity contribution < 1.29 is 19.5 Å². The molecule has 1 aromatic carbocycles. The number of amides is 2. The molecule has 132 valence electrons. The number of likely N-dealkylation sites (N-methyl/N-ethyl adjacent to an activating group) is 1. The van der Waals surface area contributed by atoms with Crippen molar-refractivity contribution in [3.63, 3.8) is 0 Å². The standard InChI is InChI=1S/C16H21N3O4.ClH/c1-2-18(11-14(20)17-10-15(21)22)13-8-9-19(16(13)23)12-6-4-3-5-7-12;/h3-7,13H,2,8-11H2,1H3,(H,17,20)(H,21,22);1H. The maximum Gasteiger partial charge on any atom is 0.322 e. The van der Waals surface area contributed by atoms with Crippen molar-refractivity contribution in [2.75, 3.05) is 31.1 Å². The summed E-state index contributed by atoms with van der Waals surface area (Å²) in [6.07, 6.45) is 0.647. The van der Waals surface area contributed by atoms with Crippen LogP contribution in [0.3, 0.4) is 0 Å². The van der Waals surface area contributed by atoms with Crippen LogP contribution in [0.2, 0.25) is 0 Å². The third kappa shape index (κ3) is 4.94. The topological polar surface area (TPSA) is 89.9 Å². The Kier molecular flexibility index (Phi) is 7.67. The summed E-state index contributed by atoms with van der Waals surface area (Å²) in [6, 6.07) is 9.08. The molecule has 2 rings (SSSR count). The maximum absolute atomic E-state index is 12.6. The van der Waals surface area contributed by atoms with Gasteiger partial charge < -0.3 is 15.3 Å². The summed E-state index contributed by atoms with van der Waals surface area (Å²) in [5.41, 5.74) is 0.853. The average Bonchev–Trinajstić information content (AvgIpc) is 2.93. The molecule has 2 amide bonds. The van der Waals surface area contributed by atoms with Crippen LogP contribution in [0.5, 0.6) is 0 Å². The van der Waals surface area contributed by atoms with E-state index in [1.54, 1.807) is 9.80 Å². The summed E-state index contributed by atoms with van der Waals surface area (Å²) >= 11 is 0. The molecule has 1 aromatic rings. The summed E-state index contributed by atoms with van der Waals surface area (Å²) in [4.78, 5) is 38.4. The minimum atomic E-state index is -1.09. The zero-order valence-corrected chi connectivity index (χ0v) is 14.3. The van der Waals surface area contributed by atoms with Gasteiger partial charge in [0.25, 0.3) is 0 Å². The van der Waals surface area contributed by atoms with E-state index >= 15 is 0 Å². The largest absolute Gasteiger partial charge is 0.480 e. The van der Waals surface area contributed by atoms with Crippen molar-refractivity contribution in [2.24, 2.45) is 0 Å². The number of nitrogens with zero attached hydrogens (tertiary/aromatic N) is 2. The van der Waals surface area contributed by atoms with E-state index in [4.69, 9.17) is 5.11 Å². The number of hydrogen-bond donors (Lipinski definition) is 2. The van der Waals surface area contributed by atoms with Crippen LogP contribution in [-0.2, 0) is 14.4 Å². The summed E-state index contributed by atoms with van der Waals surface area (Å²) in [7, 11) is 0. The Morgan fingerprint density at radius 3 is 2.58 bits per heavy atom. The number of carbonyl (C=O) groups is 3. The van der Waals surface area contributed by atoms with Gasteiger partial charge >= 0.3 is 5.97 Å². The molecule has 1 atom stereocenters. The van der Waals surface area contributed by atoms with Gasteiger partial charge in [0.1, 0.15) is 6.54 Å². The lowest BCUT2D eigenvalue weighted by atomic mass is 10.2. The summed E-state index contributed by atoms with van der Waals surface area (Å²) in [5.74, 6) is -1.50. The molecule has 1 saturated heterocycles. The first-order valence-corrected chi connectivity index (χ1v) is 7.62. The van der Waals surface area contributed by atoms with Crippen LogP contribution < -0.4 is 10.2 Å². The molecule has 0 saturated carbocycles. The van der Waals surface area contributed by atoms with E-state index in [0.29, 0.717) is 19.5 Å². The third-order valence-electron chi connectivity index (χ3n) is 3.88. The van der Waals surface area contributed by atoms with Crippen molar-refractivity contribution in [3.8, 4) is 0 Å². The van der Waals surface area contributed by atoms with Gasteiger partial charge in [-0.1, -0.05) is 25.1 Å². The number of aliphatic carboxylic acids is 1. The molecule has 0 spiro atoms. The van der Waals surface area contributed by atoms with Gasteiger partial charge in [-0.25, -0.2) is 0 Å². The van der Waals surface area contributed by atoms with Crippen LogP contribution in [0, 0.1) is 0 Å². The minimum absolute atomic E-state index is 0. The Morgan fingerprint density at radius 2 is 2.00 bits per heavy atom. The van der Waals surface area contributed by atoms with Gasteiger partial charge in [-0.3, -0.25) is 19.3 Å². The highest BCUT2D eigenvalue weighted by atomic mass is 35.5. The molecule has 1 fully saturated rings. The maximum atomic E-state index is 12.6. The van der Waals surface area contributed by atoms with E-state index < -0.39 is 12.5 Å².